The summed E-state index contributed by atoms with van der Waals surface area (Å²) < 4.78 is 30.1. The van der Waals surface area contributed by atoms with Crippen LogP contribution >= 0.6 is 0 Å². The van der Waals surface area contributed by atoms with Crippen LogP contribution in [0.5, 0.6) is 0 Å². The van der Waals surface area contributed by atoms with Crippen LogP contribution < -0.4 is 4.72 Å². The number of furan rings is 1. The van der Waals surface area contributed by atoms with Gasteiger partial charge in [-0.25, -0.2) is 8.42 Å². The molecule has 1 aromatic rings. The van der Waals surface area contributed by atoms with Crippen LogP contribution in [-0.4, -0.2) is 25.5 Å². The van der Waals surface area contributed by atoms with E-state index < -0.39 is 22.0 Å². The molecule has 0 aliphatic carbocycles. The maximum Gasteiger partial charge on any atom is 0.322 e. The lowest BCUT2D eigenvalue weighted by Gasteiger charge is -2.17. The van der Waals surface area contributed by atoms with Crippen molar-refractivity contribution in [3.05, 3.63) is 18.6 Å². The molecule has 0 fully saturated rings. The van der Waals surface area contributed by atoms with Crippen molar-refractivity contribution in [2.45, 2.75) is 24.8 Å². The second-order valence-electron chi connectivity index (χ2n) is 3.64. The van der Waals surface area contributed by atoms with Crippen LogP contribution in [0.1, 0.15) is 13.8 Å². The Morgan fingerprint density at radius 2 is 2.12 bits per heavy atom. The number of carboxylic acid groups (broad SMARTS) is 1. The Bertz CT molecular complexity index is 448. The molecule has 0 saturated heterocycles. The summed E-state index contributed by atoms with van der Waals surface area (Å²) in [5, 5.41) is 8.85. The van der Waals surface area contributed by atoms with E-state index in [0.29, 0.717) is 0 Å². The average Bonchev–Trinajstić information content (AvgIpc) is 2.66. The quantitative estimate of drug-likeness (QED) is 0.797. The van der Waals surface area contributed by atoms with E-state index in [1.165, 1.54) is 12.3 Å². The summed E-state index contributed by atoms with van der Waals surface area (Å²) in [6.07, 6.45) is 2.25. The molecule has 0 aliphatic rings. The molecule has 0 aliphatic heterocycles. The first-order valence-electron chi connectivity index (χ1n) is 4.62. The normalized spacial score (nSPS) is 13.9. The van der Waals surface area contributed by atoms with Gasteiger partial charge in [0.2, 0.25) is 10.0 Å². The minimum Gasteiger partial charge on any atom is -0.480 e. The predicted octanol–water partition coefficient (Wildman–Crippen LogP) is 0.667. The van der Waals surface area contributed by atoms with Gasteiger partial charge in [-0.05, 0) is 12.0 Å². The zero-order valence-corrected chi connectivity index (χ0v) is 9.69. The van der Waals surface area contributed by atoms with E-state index in [4.69, 9.17) is 5.11 Å². The van der Waals surface area contributed by atoms with E-state index in [2.05, 4.69) is 9.14 Å². The molecule has 0 saturated carbocycles. The Morgan fingerprint density at radius 1 is 1.50 bits per heavy atom. The van der Waals surface area contributed by atoms with E-state index in [1.807, 2.05) is 0 Å². The lowest BCUT2D eigenvalue weighted by Crippen LogP contribution is -2.44. The first-order valence-corrected chi connectivity index (χ1v) is 6.10. The molecular weight excluding hydrogens is 234 g/mol. The second kappa shape index (κ2) is 4.67. The standard InChI is InChI=1S/C9H13NO5S/c1-6(2)8(9(11)12)10-16(13,14)7-3-4-15-5-7/h3-6,8,10H,1-2H3,(H,11,12). The van der Waals surface area contributed by atoms with Gasteiger partial charge in [-0.1, -0.05) is 13.8 Å². The van der Waals surface area contributed by atoms with Crippen LogP contribution in [0, 0.1) is 5.92 Å². The molecule has 0 aromatic carbocycles. The zero-order valence-electron chi connectivity index (χ0n) is 8.88. The first kappa shape index (κ1) is 12.7. The van der Waals surface area contributed by atoms with Crippen LogP contribution in [-0.2, 0) is 14.8 Å². The van der Waals surface area contributed by atoms with E-state index in [-0.39, 0.29) is 10.8 Å². The molecule has 16 heavy (non-hydrogen) atoms. The fourth-order valence-corrected chi connectivity index (χ4v) is 2.37. The number of aliphatic carboxylic acids is 1. The van der Waals surface area contributed by atoms with Crippen LogP contribution in [0.2, 0.25) is 0 Å². The highest BCUT2D eigenvalue weighted by atomic mass is 32.2. The Balaban J connectivity index is 2.92. The minimum absolute atomic E-state index is 0.0839. The second-order valence-corrected chi connectivity index (χ2v) is 5.35. The molecule has 0 radical (unpaired) electrons. The van der Waals surface area contributed by atoms with Gasteiger partial charge in [-0.15, -0.1) is 0 Å². The Morgan fingerprint density at radius 3 is 2.50 bits per heavy atom. The topological polar surface area (TPSA) is 96.6 Å². The van der Waals surface area contributed by atoms with E-state index in [1.54, 1.807) is 13.8 Å². The van der Waals surface area contributed by atoms with Crippen LogP contribution in [0.3, 0.4) is 0 Å². The molecule has 1 heterocycles. The molecule has 0 spiro atoms. The average molecular weight is 247 g/mol. The van der Waals surface area contributed by atoms with Crippen molar-refractivity contribution in [3.8, 4) is 0 Å². The van der Waals surface area contributed by atoms with Crippen LogP contribution in [0.15, 0.2) is 27.9 Å². The summed E-state index contributed by atoms with van der Waals surface area (Å²) >= 11 is 0. The summed E-state index contributed by atoms with van der Waals surface area (Å²) in [5.41, 5.74) is 0. The van der Waals surface area contributed by atoms with Crippen molar-refractivity contribution in [1.82, 2.24) is 4.72 Å². The van der Waals surface area contributed by atoms with Gasteiger partial charge in [0.1, 0.15) is 17.2 Å². The molecule has 1 aromatic heterocycles. The fourth-order valence-electron chi connectivity index (χ4n) is 1.11. The first-order chi connectivity index (χ1) is 7.34. The van der Waals surface area contributed by atoms with Crippen molar-refractivity contribution >= 4 is 16.0 Å². The highest BCUT2D eigenvalue weighted by Crippen LogP contribution is 2.12. The van der Waals surface area contributed by atoms with Gasteiger partial charge in [0.25, 0.3) is 0 Å². The fraction of sp³-hybridized carbons (Fsp3) is 0.444. The lowest BCUT2D eigenvalue weighted by atomic mass is 10.1. The van der Waals surface area contributed by atoms with Gasteiger partial charge in [0, 0.05) is 0 Å². The van der Waals surface area contributed by atoms with Gasteiger partial charge < -0.3 is 9.52 Å². The van der Waals surface area contributed by atoms with Crippen LogP contribution in [0.25, 0.3) is 0 Å². The molecule has 1 atom stereocenters. The third-order valence-electron chi connectivity index (χ3n) is 2.02. The van der Waals surface area contributed by atoms with Crippen molar-refractivity contribution in [2.75, 3.05) is 0 Å². The van der Waals surface area contributed by atoms with E-state index in [0.717, 1.165) is 6.26 Å². The van der Waals surface area contributed by atoms with Gasteiger partial charge in [-0.3, -0.25) is 4.79 Å². The molecular formula is C9H13NO5S. The zero-order chi connectivity index (χ0) is 12.3. The smallest absolute Gasteiger partial charge is 0.322 e. The molecule has 1 unspecified atom stereocenters. The number of carboxylic acids is 1. The number of nitrogens with one attached hydrogen (secondary N) is 1. The third-order valence-corrected chi connectivity index (χ3v) is 3.44. The summed E-state index contributed by atoms with van der Waals surface area (Å²) in [4.78, 5) is 10.8. The molecule has 2 N–H and O–H groups in total. The number of carbonyl (C=O) groups is 1. The molecule has 0 bridgehead atoms. The SMILES string of the molecule is CC(C)C(NS(=O)(=O)c1ccoc1)C(=O)O. The third kappa shape index (κ3) is 2.83. The summed E-state index contributed by atoms with van der Waals surface area (Å²) in [7, 11) is -3.83. The summed E-state index contributed by atoms with van der Waals surface area (Å²) in [6, 6.07) is 0.0987. The maximum atomic E-state index is 11.7. The molecule has 1 rings (SSSR count). The Kier molecular flexibility index (Phi) is 3.71. The maximum absolute atomic E-state index is 11.7. The van der Waals surface area contributed by atoms with Gasteiger partial charge in [0.05, 0.1) is 6.26 Å². The van der Waals surface area contributed by atoms with Crippen molar-refractivity contribution in [1.29, 1.82) is 0 Å². The number of sulfonamides is 1. The minimum atomic E-state index is -3.83. The summed E-state index contributed by atoms with van der Waals surface area (Å²) in [5.74, 6) is -1.55. The summed E-state index contributed by atoms with van der Waals surface area (Å²) in [6.45, 7) is 3.24. The Labute approximate surface area is 93.3 Å². The van der Waals surface area contributed by atoms with Gasteiger partial charge in [-0.2, -0.15) is 4.72 Å². The molecule has 90 valence electrons. The van der Waals surface area contributed by atoms with Crippen molar-refractivity contribution < 1.29 is 22.7 Å². The van der Waals surface area contributed by atoms with Gasteiger partial charge in [0.15, 0.2) is 0 Å². The predicted molar refractivity (Wildman–Crippen MR) is 55.3 cm³/mol. The molecule has 6 nitrogen and oxygen atoms in total. The molecule has 7 heteroatoms. The van der Waals surface area contributed by atoms with Crippen molar-refractivity contribution in [3.63, 3.8) is 0 Å². The van der Waals surface area contributed by atoms with E-state index >= 15 is 0 Å². The number of hydrogen-bond acceptors (Lipinski definition) is 4. The van der Waals surface area contributed by atoms with Crippen molar-refractivity contribution in [2.24, 2.45) is 5.92 Å². The highest BCUT2D eigenvalue weighted by molar-refractivity contribution is 7.89. The van der Waals surface area contributed by atoms with E-state index in [9.17, 15) is 13.2 Å². The highest BCUT2D eigenvalue weighted by Gasteiger charge is 2.28. The van der Waals surface area contributed by atoms with Crippen LogP contribution in [0.4, 0.5) is 0 Å². The lowest BCUT2D eigenvalue weighted by molar-refractivity contribution is -0.140. The van der Waals surface area contributed by atoms with Gasteiger partial charge >= 0.3 is 5.97 Å². The largest absolute Gasteiger partial charge is 0.480 e. The molecule has 0 amide bonds. The number of hydrogen-bond donors (Lipinski definition) is 2. The Hall–Kier alpha value is -1.34. The monoisotopic (exact) mass is 247 g/mol. The number of rotatable bonds is 5.